The number of nitrogens with one attached hydrogen (secondary N) is 2. The molecule has 0 radical (unpaired) electrons. The molecule has 0 spiro atoms. The lowest BCUT2D eigenvalue weighted by Gasteiger charge is -2.24. The molecule has 19 heavy (non-hydrogen) atoms. The Morgan fingerprint density at radius 1 is 1.32 bits per heavy atom. The van der Waals surface area contributed by atoms with E-state index in [9.17, 15) is 8.42 Å². The van der Waals surface area contributed by atoms with Gasteiger partial charge in [0.15, 0.2) is 0 Å². The summed E-state index contributed by atoms with van der Waals surface area (Å²) >= 11 is 0. The molecule has 1 rings (SSSR count). The molecule has 1 aromatic rings. The molecule has 1 heterocycles. The number of aryl methyl sites for hydroxylation is 1. The van der Waals surface area contributed by atoms with Crippen molar-refractivity contribution in [3.63, 3.8) is 0 Å². The Hall–Kier alpha value is -0.980. The Balaban J connectivity index is 3.22. The molecule has 108 valence electrons. The zero-order chi connectivity index (χ0) is 14.8. The standard InChI is InChI=1S/C13H23N3O2S/c1-9(2)16-19(17,18)11-8-15-12(7-10(11)3)13(4,5)14-6/h7-9,14,16H,1-6H3. The SMILES string of the molecule is CNC(C)(C)c1cc(C)c(S(=O)(=O)NC(C)C)cn1. The summed E-state index contributed by atoms with van der Waals surface area (Å²) in [6.07, 6.45) is 1.43. The number of hydrogen-bond acceptors (Lipinski definition) is 4. The molecule has 0 bridgehead atoms. The quantitative estimate of drug-likeness (QED) is 0.860. The van der Waals surface area contributed by atoms with Crippen molar-refractivity contribution in [2.24, 2.45) is 0 Å². The first-order valence-electron chi connectivity index (χ1n) is 6.28. The van der Waals surface area contributed by atoms with E-state index in [0.29, 0.717) is 5.56 Å². The van der Waals surface area contributed by atoms with Crippen LogP contribution in [0.15, 0.2) is 17.2 Å². The highest BCUT2D eigenvalue weighted by Crippen LogP contribution is 2.22. The third-order valence-corrected chi connectivity index (χ3v) is 4.80. The maximum Gasteiger partial charge on any atom is 0.242 e. The largest absolute Gasteiger partial charge is 0.310 e. The number of hydrogen-bond donors (Lipinski definition) is 2. The minimum absolute atomic E-state index is 0.141. The molecule has 6 heteroatoms. The number of rotatable bonds is 5. The van der Waals surface area contributed by atoms with Gasteiger partial charge in [-0.2, -0.15) is 0 Å². The van der Waals surface area contributed by atoms with E-state index < -0.39 is 10.0 Å². The zero-order valence-electron chi connectivity index (χ0n) is 12.4. The van der Waals surface area contributed by atoms with Crippen LogP contribution in [0, 0.1) is 6.92 Å². The van der Waals surface area contributed by atoms with Crippen LogP contribution in [0.5, 0.6) is 0 Å². The number of nitrogens with zero attached hydrogens (tertiary/aromatic N) is 1. The second-order valence-corrected chi connectivity index (χ2v) is 7.17. The van der Waals surface area contributed by atoms with Gasteiger partial charge in [0, 0.05) is 12.2 Å². The van der Waals surface area contributed by atoms with Crippen molar-refractivity contribution in [3.8, 4) is 0 Å². The topological polar surface area (TPSA) is 71.1 Å². The van der Waals surface area contributed by atoms with E-state index in [2.05, 4.69) is 15.0 Å². The highest BCUT2D eigenvalue weighted by atomic mass is 32.2. The lowest BCUT2D eigenvalue weighted by atomic mass is 9.99. The Labute approximate surface area is 115 Å². The lowest BCUT2D eigenvalue weighted by molar-refractivity contribution is 0.430. The Kier molecular flexibility index (Phi) is 4.71. The first kappa shape index (κ1) is 16.1. The van der Waals surface area contributed by atoms with Gasteiger partial charge in [-0.1, -0.05) is 0 Å². The number of pyridine rings is 1. The zero-order valence-corrected chi connectivity index (χ0v) is 13.2. The van der Waals surface area contributed by atoms with Gasteiger partial charge in [-0.05, 0) is 53.3 Å². The first-order chi connectivity index (χ1) is 8.60. The highest BCUT2D eigenvalue weighted by Gasteiger charge is 2.23. The molecule has 5 nitrogen and oxygen atoms in total. The average molecular weight is 285 g/mol. The fourth-order valence-electron chi connectivity index (χ4n) is 1.67. The second-order valence-electron chi connectivity index (χ2n) is 5.49. The van der Waals surface area contributed by atoms with Gasteiger partial charge in [-0.15, -0.1) is 0 Å². The normalized spacial score (nSPS) is 13.0. The highest BCUT2D eigenvalue weighted by molar-refractivity contribution is 7.89. The van der Waals surface area contributed by atoms with Gasteiger partial charge in [0.05, 0.1) is 11.2 Å². The second kappa shape index (κ2) is 5.56. The number of aromatic nitrogens is 1. The van der Waals surface area contributed by atoms with Crippen LogP contribution < -0.4 is 10.0 Å². The van der Waals surface area contributed by atoms with Crippen molar-refractivity contribution in [3.05, 3.63) is 23.5 Å². The maximum atomic E-state index is 12.1. The fraction of sp³-hybridized carbons (Fsp3) is 0.615. The van der Waals surface area contributed by atoms with Crippen molar-refractivity contribution in [2.45, 2.75) is 51.1 Å². The molecular formula is C13H23N3O2S. The summed E-state index contributed by atoms with van der Waals surface area (Å²) in [6, 6.07) is 1.67. The van der Waals surface area contributed by atoms with E-state index in [1.165, 1.54) is 6.20 Å². The molecule has 0 aliphatic rings. The van der Waals surface area contributed by atoms with Crippen LogP contribution in [0.25, 0.3) is 0 Å². The van der Waals surface area contributed by atoms with Crippen LogP contribution >= 0.6 is 0 Å². The van der Waals surface area contributed by atoms with E-state index in [-0.39, 0.29) is 16.5 Å². The predicted octanol–water partition coefficient (Wildman–Crippen LogP) is 1.53. The van der Waals surface area contributed by atoms with E-state index in [0.717, 1.165) is 5.69 Å². The smallest absolute Gasteiger partial charge is 0.242 e. The molecule has 0 fully saturated rings. The molecular weight excluding hydrogens is 262 g/mol. The summed E-state index contributed by atoms with van der Waals surface area (Å²) in [7, 11) is -1.64. The van der Waals surface area contributed by atoms with Gasteiger partial charge < -0.3 is 5.32 Å². The third-order valence-electron chi connectivity index (χ3n) is 3.01. The third kappa shape index (κ3) is 3.75. The van der Waals surface area contributed by atoms with E-state index in [1.807, 2.05) is 27.0 Å². The van der Waals surface area contributed by atoms with Crippen LogP contribution in [0.4, 0.5) is 0 Å². The molecule has 0 aliphatic carbocycles. The fourth-order valence-corrected chi connectivity index (χ4v) is 3.09. The molecule has 2 N–H and O–H groups in total. The molecule has 0 atom stereocenters. The van der Waals surface area contributed by atoms with Crippen molar-refractivity contribution < 1.29 is 8.42 Å². The van der Waals surface area contributed by atoms with Gasteiger partial charge >= 0.3 is 0 Å². The Bertz CT molecular complexity index is 551. The lowest BCUT2D eigenvalue weighted by Crippen LogP contribution is -2.35. The summed E-state index contributed by atoms with van der Waals surface area (Å²) in [6.45, 7) is 9.36. The molecule has 0 aromatic carbocycles. The molecule has 0 unspecified atom stereocenters. The predicted molar refractivity (Wildman–Crippen MR) is 76.5 cm³/mol. The van der Waals surface area contributed by atoms with Gasteiger partial charge in [-0.3, -0.25) is 4.98 Å². The van der Waals surface area contributed by atoms with Crippen LogP contribution in [0.1, 0.15) is 39.0 Å². The monoisotopic (exact) mass is 285 g/mol. The summed E-state index contributed by atoms with van der Waals surface area (Å²) in [5.74, 6) is 0. The van der Waals surface area contributed by atoms with Crippen molar-refractivity contribution >= 4 is 10.0 Å². The van der Waals surface area contributed by atoms with Gasteiger partial charge in [-0.25, -0.2) is 13.1 Å². The van der Waals surface area contributed by atoms with Gasteiger partial charge in [0.1, 0.15) is 4.90 Å². The van der Waals surface area contributed by atoms with Crippen LogP contribution in [-0.2, 0) is 15.6 Å². The van der Waals surface area contributed by atoms with E-state index >= 15 is 0 Å². The summed E-state index contributed by atoms with van der Waals surface area (Å²) in [5.41, 5.74) is 1.22. The minimum Gasteiger partial charge on any atom is -0.310 e. The number of sulfonamides is 1. The van der Waals surface area contributed by atoms with Gasteiger partial charge in [0.25, 0.3) is 0 Å². The van der Waals surface area contributed by atoms with Gasteiger partial charge in [0.2, 0.25) is 10.0 Å². The summed E-state index contributed by atoms with van der Waals surface area (Å²) < 4.78 is 26.8. The van der Waals surface area contributed by atoms with E-state index in [4.69, 9.17) is 0 Å². The molecule has 0 amide bonds. The van der Waals surface area contributed by atoms with Crippen molar-refractivity contribution in [2.75, 3.05) is 7.05 Å². The Morgan fingerprint density at radius 2 is 1.89 bits per heavy atom. The van der Waals surface area contributed by atoms with Crippen LogP contribution in [0.3, 0.4) is 0 Å². The van der Waals surface area contributed by atoms with Crippen LogP contribution in [0.2, 0.25) is 0 Å². The van der Waals surface area contributed by atoms with Crippen molar-refractivity contribution in [1.29, 1.82) is 0 Å². The first-order valence-corrected chi connectivity index (χ1v) is 7.77. The van der Waals surface area contributed by atoms with Crippen molar-refractivity contribution in [1.82, 2.24) is 15.0 Å². The Morgan fingerprint density at radius 3 is 2.32 bits per heavy atom. The molecule has 0 aliphatic heterocycles. The molecule has 1 aromatic heterocycles. The molecule has 0 saturated carbocycles. The average Bonchev–Trinajstić information content (AvgIpc) is 2.26. The van der Waals surface area contributed by atoms with Crippen LogP contribution in [-0.4, -0.2) is 26.5 Å². The summed E-state index contributed by atoms with van der Waals surface area (Å²) in [5, 5.41) is 3.15. The minimum atomic E-state index is -3.49. The molecule has 0 saturated heterocycles. The van der Waals surface area contributed by atoms with E-state index in [1.54, 1.807) is 20.8 Å². The summed E-state index contributed by atoms with van der Waals surface area (Å²) in [4.78, 5) is 4.51. The maximum absolute atomic E-state index is 12.1.